The van der Waals surface area contributed by atoms with Crippen LogP contribution in [0, 0.1) is 11.6 Å². The third kappa shape index (κ3) is 5.36. The number of hydrogen-bond donors (Lipinski definition) is 2. The molecule has 0 bridgehead atoms. The third-order valence-corrected chi connectivity index (χ3v) is 4.35. The highest BCUT2D eigenvalue weighted by atomic mass is 32.2. The summed E-state index contributed by atoms with van der Waals surface area (Å²) in [5.41, 5.74) is 0.397. The van der Waals surface area contributed by atoms with Crippen molar-refractivity contribution in [2.24, 2.45) is 0 Å². The molecule has 0 radical (unpaired) electrons. The number of nitrogens with one attached hydrogen (secondary N) is 1. The van der Waals surface area contributed by atoms with Crippen LogP contribution in [-0.2, 0) is 11.4 Å². The van der Waals surface area contributed by atoms with E-state index in [1.807, 2.05) is 20.8 Å². The van der Waals surface area contributed by atoms with Crippen molar-refractivity contribution in [1.29, 1.82) is 0 Å². The van der Waals surface area contributed by atoms with Gasteiger partial charge in [0, 0.05) is 24.0 Å². The Kier molecular flexibility index (Phi) is 6.39. The Morgan fingerprint density at radius 2 is 1.80 bits per heavy atom. The van der Waals surface area contributed by atoms with Crippen molar-refractivity contribution in [2.75, 3.05) is 6.61 Å². The lowest BCUT2D eigenvalue weighted by molar-refractivity contribution is 0.278. The van der Waals surface area contributed by atoms with Crippen molar-refractivity contribution < 1.29 is 18.4 Å². The van der Waals surface area contributed by atoms with E-state index in [0.717, 1.165) is 6.07 Å². The van der Waals surface area contributed by atoms with Crippen molar-refractivity contribution in [3.63, 3.8) is 0 Å². The van der Waals surface area contributed by atoms with Crippen molar-refractivity contribution in [3.05, 3.63) is 35.4 Å². The Balaban J connectivity index is 2.93. The molecule has 0 heterocycles. The summed E-state index contributed by atoms with van der Waals surface area (Å²) in [4.78, 5) is 0. The molecule has 0 saturated heterocycles. The summed E-state index contributed by atoms with van der Waals surface area (Å²) in [7, 11) is 0. The minimum atomic E-state index is -1.36. The van der Waals surface area contributed by atoms with Crippen molar-refractivity contribution in [2.45, 2.75) is 44.4 Å². The van der Waals surface area contributed by atoms with Crippen molar-refractivity contribution in [1.82, 2.24) is 4.72 Å². The summed E-state index contributed by atoms with van der Waals surface area (Å²) < 4.78 is 41.1. The summed E-state index contributed by atoms with van der Waals surface area (Å²) in [6.45, 7) is 5.40. The predicted molar refractivity (Wildman–Crippen MR) is 76.4 cm³/mol. The molecular weight excluding hydrogens is 284 g/mol. The number of aliphatic hydroxyl groups excluding tert-OH is 1. The molecule has 0 aliphatic carbocycles. The molecule has 6 heteroatoms. The monoisotopic (exact) mass is 305 g/mol. The zero-order valence-corrected chi connectivity index (χ0v) is 12.8. The summed E-state index contributed by atoms with van der Waals surface area (Å²) in [5, 5.41) is 8.91. The maximum absolute atomic E-state index is 13.3. The van der Waals surface area contributed by atoms with E-state index in [2.05, 4.69) is 4.72 Å². The quantitative estimate of drug-likeness (QED) is 0.795. The van der Waals surface area contributed by atoms with Gasteiger partial charge in [-0.05, 0) is 51.3 Å². The lowest BCUT2D eigenvalue weighted by Crippen LogP contribution is -2.41. The molecule has 2 atom stereocenters. The van der Waals surface area contributed by atoms with E-state index in [-0.39, 0.29) is 6.61 Å². The van der Waals surface area contributed by atoms with Gasteiger partial charge in [0.25, 0.3) is 0 Å². The van der Waals surface area contributed by atoms with E-state index in [1.54, 1.807) is 0 Å². The van der Waals surface area contributed by atoms with Gasteiger partial charge in [0.1, 0.15) is 16.4 Å². The highest BCUT2D eigenvalue weighted by molar-refractivity contribution is 7.90. The molecule has 0 saturated carbocycles. The van der Waals surface area contributed by atoms with Gasteiger partial charge in [0.15, 0.2) is 0 Å². The minimum absolute atomic E-state index is 0.0296. The first-order valence-electron chi connectivity index (χ1n) is 6.49. The van der Waals surface area contributed by atoms with Crippen LogP contribution in [0.15, 0.2) is 18.2 Å². The lowest BCUT2D eigenvalue weighted by atomic mass is 10.0. The minimum Gasteiger partial charge on any atom is -0.598 e. The van der Waals surface area contributed by atoms with Crippen LogP contribution in [0.4, 0.5) is 8.78 Å². The Morgan fingerprint density at radius 1 is 1.25 bits per heavy atom. The summed E-state index contributed by atoms with van der Waals surface area (Å²) in [6.07, 6.45) is 0.901. The van der Waals surface area contributed by atoms with E-state index in [9.17, 15) is 13.3 Å². The standard InChI is InChI=1S/C14H21F2NO2S/c1-14(2,3)20(19)17-13(5-4-6-18)10-7-11(15)9-12(16)8-10/h7-9,13,17-18H,4-6H2,1-3H3/t13?,20-/m1/s1. The molecule has 1 rings (SSSR count). The average molecular weight is 305 g/mol. The van der Waals surface area contributed by atoms with Crippen LogP contribution in [0.5, 0.6) is 0 Å². The molecular formula is C14H21F2NO2S. The van der Waals surface area contributed by atoms with Crippen LogP contribution in [0.1, 0.15) is 45.2 Å². The molecule has 0 aromatic heterocycles. The number of rotatable bonds is 6. The van der Waals surface area contributed by atoms with E-state index in [1.165, 1.54) is 12.1 Å². The van der Waals surface area contributed by atoms with Crippen molar-refractivity contribution >= 4 is 11.4 Å². The molecule has 1 aromatic carbocycles. The number of halogens is 2. The van der Waals surface area contributed by atoms with Crippen LogP contribution >= 0.6 is 0 Å². The van der Waals surface area contributed by atoms with Gasteiger partial charge in [-0.3, -0.25) is 0 Å². The molecule has 114 valence electrons. The summed E-state index contributed by atoms with van der Waals surface area (Å²) in [6, 6.07) is 2.77. The molecule has 2 N–H and O–H groups in total. The smallest absolute Gasteiger partial charge is 0.136 e. The normalized spacial score (nSPS) is 15.2. The fourth-order valence-corrected chi connectivity index (χ4v) is 2.54. The zero-order valence-electron chi connectivity index (χ0n) is 12.0. The van der Waals surface area contributed by atoms with Gasteiger partial charge in [0.05, 0.1) is 6.04 Å². The zero-order chi connectivity index (χ0) is 15.3. The topological polar surface area (TPSA) is 55.3 Å². The fraction of sp³-hybridized carbons (Fsp3) is 0.571. The number of hydrogen-bond acceptors (Lipinski definition) is 3. The highest BCUT2D eigenvalue weighted by Crippen LogP contribution is 2.24. The van der Waals surface area contributed by atoms with Gasteiger partial charge >= 0.3 is 0 Å². The fourth-order valence-electron chi connectivity index (χ4n) is 1.67. The van der Waals surface area contributed by atoms with Crippen LogP contribution in [0.3, 0.4) is 0 Å². The van der Waals surface area contributed by atoms with Crippen LogP contribution in [-0.4, -0.2) is 21.0 Å². The summed E-state index contributed by atoms with van der Waals surface area (Å²) >= 11 is -1.36. The van der Waals surface area contributed by atoms with E-state index >= 15 is 0 Å². The maximum atomic E-state index is 13.3. The van der Waals surface area contributed by atoms with Crippen LogP contribution in [0.2, 0.25) is 0 Å². The third-order valence-electron chi connectivity index (χ3n) is 2.74. The van der Waals surface area contributed by atoms with Crippen LogP contribution < -0.4 is 4.72 Å². The molecule has 0 amide bonds. The molecule has 3 nitrogen and oxygen atoms in total. The average Bonchev–Trinajstić information content (AvgIpc) is 2.31. The predicted octanol–water partition coefficient (Wildman–Crippen LogP) is 2.83. The van der Waals surface area contributed by atoms with Gasteiger partial charge in [-0.25, -0.2) is 8.78 Å². The second-order valence-corrected chi connectivity index (χ2v) is 7.62. The number of aliphatic hydroxyl groups is 1. The first-order chi connectivity index (χ1) is 9.24. The van der Waals surface area contributed by atoms with Gasteiger partial charge < -0.3 is 9.66 Å². The van der Waals surface area contributed by atoms with Gasteiger partial charge in [-0.2, -0.15) is 0 Å². The summed E-state index contributed by atoms with van der Waals surface area (Å²) in [5.74, 6) is -1.34. The molecule has 0 spiro atoms. The Bertz CT molecular complexity index is 417. The first kappa shape index (κ1) is 17.4. The first-order valence-corrected chi connectivity index (χ1v) is 7.64. The second-order valence-electron chi connectivity index (χ2n) is 5.62. The van der Waals surface area contributed by atoms with Crippen LogP contribution in [0.25, 0.3) is 0 Å². The van der Waals surface area contributed by atoms with Gasteiger partial charge in [-0.15, -0.1) is 4.72 Å². The van der Waals surface area contributed by atoms with E-state index in [0.29, 0.717) is 18.4 Å². The maximum Gasteiger partial charge on any atom is 0.136 e. The Labute approximate surface area is 121 Å². The second kappa shape index (κ2) is 7.36. The highest BCUT2D eigenvalue weighted by Gasteiger charge is 2.30. The van der Waals surface area contributed by atoms with Gasteiger partial charge in [-0.1, -0.05) is 0 Å². The molecule has 1 aromatic rings. The number of benzene rings is 1. The Morgan fingerprint density at radius 3 is 2.25 bits per heavy atom. The SMILES string of the molecule is CC(C)(C)[S@@+]([O-])NC(CCCO)c1cc(F)cc(F)c1. The Hall–Kier alpha value is -0.690. The molecule has 0 aliphatic rings. The molecule has 20 heavy (non-hydrogen) atoms. The van der Waals surface area contributed by atoms with Crippen molar-refractivity contribution in [3.8, 4) is 0 Å². The van der Waals surface area contributed by atoms with E-state index in [4.69, 9.17) is 5.11 Å². The van der Waals surface area contributed by atoms with E-state index < -0.39 is 33.8 Å². The lowest BCUT2D eigenvalue weighted by Gasteiger charge is -2.28. The van der Waals surface area contributed by atoms with Gasteiger partial charge in [0.2, 0.25) is 0 Å². The molecule has 0 aliphatic heterocycles. The largest absolute Gasteiger partial charge is 0.598 e. The molecule has 0 fully saturated rings. The molecule has 1 unspecified atom stereocenters.